The third kappa shape index (κ3) is 1.35. The predicted molar refractivity (Wildman–Crippen MR) is 54.1 cm³/mol. The Morgan fingerprint density at radius 2 is 2.50 bits per heavy atom. The molecular weight excluding hydrogens is 178 g/mol. The fraction of sp³-hybridized carbons (Fsp3) is 0.200. The minimum Gasteiger partial charge on any atom is -0.352 e. The third-order valence-electron chi connectivity index (χ3n) is 2.03. The van der Waals surface area contributed by atoms with E-state index in [1.165, 1.54) is 0 Å². The first-order valence-corrected chi connectivity index (χ1v) is 4.53. The summed E-state index contributed by atoms with van der Waals surface area (Å²) in [5, 5.41) is 3.61. The van der Waals surface area contributed by atoms with Crippen molar-refractivity contribution in [3.8, 4) is 0 Å². The zero-order valence-corrected chi connectivity index (χ0v) is 7.87. The molecule has 72 valence electrons. The zero-order chi connectivity index (χ0) is 9.97. The largest absolute Gasteiger partial charge is 0.352 e. The topological polar surface area (TPSA) is 57.8 Å². The Kier molecular flexibility index (Phi) is 2.18. The summed E-state index contributed by atoms with van der Waals surface area (Å²) in [5.74, 6) is -0.0632. The first-order chi connectivity index (χ1) is 6.83. The van der Waals surface area contributed by atoms with Gasteiger partial charge in [-0.25, -0.2) is 4.98 Å². The molecule has 2 aromatic heterocycles. The molecule has 0 spiro atoms. The van der Waals surface area contributed by atoms with Crippen LogP contribution in [0.2, 0.25) is 0 Å². The molecule has 0 radical (unpaired) electrons. The maximum Gasteiger partial charge on any atom is 0.253 e. The van der Waals surface area contributed by atoms with Crippen LogP contribution < -0.4 is 5.32 Å². The third-order valence-corrected chi connectivity index (χ3v) is 2.03. The lowest BCUT2D eigenvalue weighted by atomic mass is 10.2. The molecule has 2 heterocycles. The van der Waals surface area contributed by atoms with Gasteiger partial charge in [-0.05, 0) is 19.1 Å². The van der Waals surface area contributed by atoms with Gasteiger partial charge in [-0.15, -0.1) is 0 Å². The summed E-state index contributed by atoms with van der Waals surface area (Å²) in [4.78, 5) is 18.6. The second kappa shape index (κ2) is 3.49. The van der Waals surface area contributed by atoms with Gasteiger partial charge in [0.2, 0.25) is 0 Å². The summed E-state index contributed by atoms with van der Waals surface area (Å²) in [6, 6.07) is 3.70. The molecule has 0 atom stereocenters. The standard InChI is InChI=1S/C10H11N3O/c1-2-11-10(14)8-6-13-9-7(8)4-3-5-12-9/h3-6H,2H2,1H3,(H,11,14)(H,12,13). The highest BCUT2D eigenvalue weighted by molar-refractivity contribution is 6.05. The fourth-order valence-corrected chi connectivity index (χ4v) is 1.40. The van der Waals surface area contributed by atoms with Crippen LogP contribution >= 0.6 is 0 Å². The second-order valence-corrected chi connectivity index (χ2v) is 2.96. The maximum atomic E-state index is 11.6. The smallest absolute Gasteiger partial charge is 0.253 e. The van der Waals surface area contributed by atoms with Crippen LogP contribution in [0.5, 0.6) is 0 Å². The number of H-pyrrole nitrogens is 1. The molecule has 2 N–H and O–H groups in total. The summed E-state index contributed by atoms with van der Waals surface area (Å²) >= 11 is 0. The Labute approximate surface area is 81.3 Å². The number of aromatic nitrogens is 2. The highest BCUT2D eigenvalue weighted by atomic mass is 16.1. The van der Waals surface area contributed by atoms with Crippen molar-refractivity contribution in [2.24, 2.45) is 0 Å². The van der Waals surface area contributed by atoms with Crippen LogP contribution in [0.3, 0.4) is 0 Å². The Bertz CT molecular complexity index is 461. The van der Waals surface area contributed by atoms with E-state index in [4.69, 9.17) is 0 Å². The minimum absolute atomic E-state index is 0.0632. The Morgan fingerprint density at radius 3 is 3.29 bits per heavy atom. The normalized spacial score (nSPS) is 10.4. The Balaban J connectivity index is 2.47. The number of carbonyl (C=O) groups is 1. The number of amides is 1. The molecule has 0 aliphatic rings. The number of pyridine rings is 1. The van der Waals surface area contributed by atoms with E-state index in [-0.39, 0.29) is 5.91 Å². The Hall–Kier alpha value is -1.84. The molecular formula is C10H11N3O. The van der Waals surface area contributed by atoms with Crippen molar-refractivity contribution in [1.29, 1.82) is 0 Å². The van der Waals surface area contributed by atoms with Gasteiger partial charge in [0.15, 0.2) is 0 Å². The number of carbonyl (C=O) groups excluding carboxylic acids is 1. The lowest BCUT2D eigenvalue weighted by molar-refractivity contribution is 0.0957. The molecule has 2 aromatic rings. The first kappa shape index (κ1) is 8.74. The fourth-order valence-electron chi connectivity index (χ4n) is 1.40. The highest BCUT2D eigenvalue weighted by Gasteiger charge is 2.10. The van der Waals surface area contributed by atoms with Crippen molar-refractivity contribution in [1.82, 2.24) is 15.3 Å². The van der Waals surface area contributed by atoms with Crippen LogP contribution in [-0.4, -0.2) is 22.4 Å². The van der Waals surface area contributed by atoms with Crippen LogP contribution in [0.1, 0.15) is 17.3 Å². The van der Waals surface area contributed by atoms with Gasteiger partial charge in [0, 0.05) is 24.3 Å². The van der Waals surface area contributed by atoms with E-state index in [1.807, 2.05) is 19.1 Å². The molecule has 0 unspecified atom stereocenters. The van der Waals surface area contributed by atoms with Crippen LogP contribution in [0.4, 0.5) is 0 Å². The average Bonchev–Trinajstić information content (AvgIpc) is 2.61. The molecule has 4 heteroatoms. The van der Waals surface area contributed by atoms with Crippen molar-refractivity contribution in [3.63, 3.8) is 0 Å². The molecule has 0 aromatic carbocycles. The van der Waals surface area contributed by atoms with E-state index in [0.29, 0.717) is 12.1 Å². The second-order valence-electron chi connectivity index (χ2n) is 2.96. The van der Waals surface area contributed by atoms with Gasteiger partial charge in [0.1, 0.15) is 5.65 Å². The number of nitrogens with one attached hydrogen (secondary N) is 2. The number of aromatic amines is 1. The van der Waals surface area contributed by atoms with E-state index in [9.17, 15) is 4.79 Å². The molecule has 0 aliphatic heterocycles. The van der Waals surface area contributed by atoms with E-state index in [2.05, 4.69) is 15.3 Å². The van der Waals surface area contributed by atoms with Crippen LogP contribution in [-0.2, 0) is 0 Å². The molecule has 2 rings (SSSR count). The van der Waals surface area contributed by atoms with Gasteiger partial charge in [-0.2, -0.15) is 0 Å². The average molecular weight is 189 g/mol. The molecule has 0 saturated carbocycles. The number of rotatable bonds is 2. The SMILES string of the molecule is CCNC(=O)c1c[nH]c2ncccc12. The lowest BCUT2D eigenvalue weighted by Crippen LogP contribution is -2.22. The quantitative estimate of drug-likeness (QED) is 0.748. The van der Waals surface area contributed by atoms with Gasteiger partial charge in [-0.3, -0.25) is 4.79 Å². The van der Waals surface area contributed by atoms with E-state index < -0.39 is 0 Å². The summed E-state index contributed by atoms with van der Waals surface area (Å²) in [5.41, 5.74) is 1.39. The molecule has 0 aliphatic carbocycles. The highest BCUT2D eigenvalue weighted by Crippen LogP contribution is 2.14. The van der Waals surface area contributed by atoms with Crippen LogP contribution in [0.15, 0.2) is 24.5 Å². The van der Waals surface area contributed by atoms with Crippen molar-refractivity contribution >= 4 is 16.9 Å². The molecule has 0 saturated heterocycles. The molecule has 0 bridgehead atoms. The summed E-state index contributed by atoms with van der Waals surface area (Å²) in [7, 11) is 0. The zero-order valence-electron chi connectivity index (χ0n) is 7.87. The van der Waals surface area contributed by atoms with Crippen molar-refractivity contribution < 1.29 is 4.79 Å². The molecule has 0 fully saturated rings. The summed E-state index contributed by atoms with van der Waals surface area (Å²) in [6.45, 7) is 2.52. The van der Waals surface area contributed by atoms with E-state index in [0.717, 1.165) is 11.0 Å². The number of fused-ring (bicyclic) bond motifs is 1. The van der Waals surface area contributed by atoms with Crippen LogP contribution in [0, 0.1) is 0 Å². The van der Waals surface area contributed by atoms with Crippen molar-refractivity contribution in [3.05, 3.63) is 30.1 Å². The van der Waals surface area contributed by atoms with Gasteiger partial charge in [-0.1, -0.05) is 0 Å². The monoisotopic (exact) mass is 189 g/mol. The van der Waals surface area contributed by atoms with Crippen molar-refractivity contribution in [2.75, 3.05) is 6.54 Å². The van der Waals surface area contributed by atoms with Gasteiger partial charge in [0.05, 0.1) is 5.56 Å². The molecule has 4 nitrogen and oxygen atoms in total. The summed E-state index contributed by atoms with van der Waals surface area (Å²) in [6.07, 6.45) is 3.38. The van der Waals surface area contributed by atoms with Crippen LogP contribution in [0.25, 0.3) is 11.0 Å². The number of hydrogen-bond acceptors (Lipinski definition) is 2. The van der Waals surface area contributed by atoms with Gasteiger partial charge in [0.25, 0.3) is 5.91 Å². The Morgan fingerprint density at radius 1 is 1.64 bits per heavy atom. The van der Waals surface area contributed by atoms with E-state index in [1.54, 1.807) is 12.4 Å². The van der Waals surface area contributed by atoms with Crippen molar-refractivity contribution in [2.45, 2.75) is 6.92 Å². The van der Waals surface area contributed by atoms with Gasteiger partial charge < -0.3 is 10.3 Å². The lowest BCUT2D eigenvalue weighted by Gasteiger charge is -1.98. The predicted octanol–water partition coefficient (Wildman–Crippen LogP) is 1.31. The molecule has 14 heavy (non-hydrogen) atoms. The van der Waals surface area contributed by atoms with Gasteiger partial charge >= 0.3 is 0 Å². The number of hydrogen-bond donors (Lipinski definition) is 2. The summed E-state index contributed by atoms with van der Waals surface area (Å²) < 4.78 is 0. The van der Waals surface area contributed by atoms with E-state index >= 15 is 0 Å². The first-order valence-electron chi connectivity index (χ1n) is 4.53. The minimum atomic E-state index is -0.0632. The molecule has 1 amide bonds. The number of nitrogens with zero attached hydrogens (tertiary/aromatic N) is 1. The maximum absolute atomic E-state index is 11.6.